The minimum Gasteiger partial charge on any atom is -0.490 e. The van der Waals surface area contributed by atoms with Gasteiger partial charge in [-0.05, 0) is 48.4 Å². The van der Waals surface area contributed by atoms with Crippen molar-refractivity contribution in [3.05, 3.63) is 69.4 Å². The number of rotatable bonds is 9. The number of benzene rings is 2. The summed E-state index contributed by atoms with van der Waals surface area (Å²) in [6.07, 6.45) is 1.31. The van der Waals surface area contributed by atoms with Gasteiger partial charge in [0.15, 0.2) is 11.5 Å². The fraction of sp³-hybridized carbons (Fsp3) is 0.200. The zero-order chi connectivity index (χ0) is 21.4. The van der Waals surface area contributed by atoms with Crippen LogP contribution in [0.4, 0.5) is 5.69 Å². The fourth-order valence-electron chi connectivity index (χ4n) is 2.38. The third kappa shape index (κ3) is 6.35. The summed E-state index contributed by atoms with van der Waals surface area (Å²) >= 11 is 0. The van der Waals surface area contributed by atoms with Gasteiger partial charge in [0.2, 0.25) is 5.91 Å². The number of carbonyl (C=O) groups is 2. The molecule has 29 heavy (non-hydrogen) atoms. The molecule has 9 nitrogen and oxygen atoms in total. The van der Waals surface area contributed by atoms with Crippen molar-refractivity contribution < 1.29 is 29.1 Å². The second kappa shape index (κ2) is 9.88. The fourth-order valence-corrected chi connectivity index (χ4v) is 2.38. The maximum atomic E-state index is 11.3. The molecule has 9 heteroatoms. The topological polar surface area (TPSA) is 128 Å². The number of carbonyl (C=O) groups excluding carboxylic acids is 1. The Morgan fingerprint density at radius 3 is 2.38 bits per heavy atom. The molecule has 0 atom stereocenters. The van der Waals surface area contributed by atoms with E-state index in [0.717, 1.165) is 5.56 Å². The van der Waals surface area contributed by atoms with Gasteiger partial charge in [0.1, 0.15) is 12.3 Å². The highest BCUT2D eigenvalue weighted by Crippen LogP contribution is 2.30. The number of non-ortho nitro benzene ring substituents is 1. The first-order chi connectivity index (χ1) is 13.8. The molecule has 0 spiro atoms. The average Bonchev–Trinajstić information content (AvgIpc) is 2.67. The van der Waals surface area contributed by atoms with E-state index in [4.69, 9.17) is 9.47 Å². The SMILES string of the molecule is CCOc1cc(C=C(NC(C)=O)C(=O)O)ccc1OCc1ccc([N+](=O)[O-])cc1. The predicted molar refractivity (Wildman–Crippen MR) is 104 cm³/mol. The summed E-state index contributed by atoms with van der Waals surface area (Å²) in [7, 11) is 0. The van der Waals surface area contributed by atoms with E-state index in [1.165, 1.54) is 25.1 Å². The van der Waals surface area contributed by atoms with Crippen molar-refractivity contribution in [2.24, 2.45) is 0 Å². The lowest BCUT2D eigenvalue weighted by Gasteiger charge is -2.13. The Labute approximate surface area is 166 Å². The molecule has 0 aliphatic heterocycles. The summed E-state index contributed by atoms with van der Waals surface area (Å²) in [5.74, 6) is -0.933. The summed E-state index contributed by atoms with van der Waals surface area (Å²) < 4.78 is 11.3. The zero-order valence-electron chi connectivity index (χ0n) is 15.9. The van der Waals surface area contributed by atoms with Gasteiger partial charge in [-0.25, -0.2) is 4.79 Å². The van der Waals surface area contributed by atoms with Crippen molar-refractivity contribution >= 4 is 23.6 Å². The van der Waals surface area contributed by atoms with Crippen LogP contribution in [0.1, 0.15) is 25.0 Å². The molecule has 152 valence electrons. The van der Waals surface area contributed by atoms with Crippen LogP contribution in [0.3, 0.4) is 0 Å². The van der Waals surface area contributed by atoms with E-state index in [9.17, 15) is 24.8 Å². The predicted octanol–water partition coefficient (Wildman–Crippen LogP) is 3.13. The lowest BCUT2D eigenvalue weighted by Crippen LogP contribution is -2.24. The van der Waals surface area contributed by atoms with Crippen molar-refractivity contribution in [3.63, 3.8) is 0 Å². The third-order valence-electron chi connectivity index (χ3n) is 3.66. The molecule has 0 aromatic heterocycles. The van der Waals surface area contributed by atoms with Crippen molar-refractivity contribution in [2.75, 3.05) is 6.61 Å². The van der Waals surface area contributed by atoms with Crippen molar-refractivity contribution in [3.8, 4) is 11.5 Å². The zero-order valence-corrected chi connectivity index (χ0v) is 15.9. The Morgan fingerprint density at radius 2 is 1.83 bits per heavy atom. The number of carboxylic acids is 1. The lowest BCUT2D eigenvalue weighted by molar-refractivity contribution is -0.384. The highest BCUT2D eigenvalue weighted by atomic mass is 16.6. The van der Waals surface area contributed by atoms with E-state index in [0.29, 0.717) is 23.7 Å². The quantitative estimate of drug-likeness (QED) is 0.376. The first-order valence-electron chi connectivity index (χ1n) is 8.65. The van der Waals surface area contributed by atoms with Crippen LogP contribution in [0.15, 0.2) is 48.2 Å². The van der Waals surface area contributed by atoms with E-state index < -0.39 is 16.8 Å². The van der Waals surface area contributed by atoms with Gasteiger partial charge in [-0.15, -0.1) is 0 Å². The largest absolute Gasteiger partial charge is 0.490 e. The first kappa shape index (κ1) is 21.4. The van der Waals surface area contributed by atoms with E-state index in [1.807, 2.05) is 0 Å². The number of nitrogens with one attached hydrogen (secondary N) is 1. The van der Waals surface area contributed by atoms with Crippen LogP contribution in [0.5, 0.6) is 11.5 Å². The summed E-state index contributed by atoms with van der Waals surface area (Å²) in [4.78, 5) is 32.6. The second-order valence-electron chi connectivity index (χ2n) is 5.90. The van der Waals surface area contributed by atoms with Gasteiger partial charge in [-0.2, -0.15) is 0 Å². The number of ether oxygens (including phenoxy) is 2. The van der Waals surface area contributed by atoms with Crippen molar-refractivity contribution in [1.29, 1.82) is 0 Å². The Hall–Kier alpha value is -3.88. The molecule has 1 amide bonds. The highest BCUT2D eigenvalue weighted by molar-refractivity contribution is 5.96. The number of amides is 1. The Bertz CT molecular complexity index is 936. The Balaban J connectivity index is 2.21. The maximum absolute atomic E-state index is 11.3. The van der Waals surface area contributed by atoms with Crippen molar-refractivity contribution in [2.45, 2.75) is 20.5 Å². The average molecular weight is 400 g/mol. The van der Waals surface area contributed by atoms with Gasteiger partial charge in [-0.1, -0.05) is 6.07 Å². The first-order valence-corrected chi connectivity index (χ1v) is 8.65. The summed E-state index contributed by atoms with van der Waals surface area (Å²) in [5.41, 5.74) is 0.968. The van der Waals surface area contributed by atoms with Gasteiger partial charge in [0, 0.05) is 19.1 Å². The number of nitro groups is 1. The summed E-state index contributed by atoms with van der Waals surface area (Å²) in [5, 5.41) is 22.2. The monoisotopic (exact) mass is 400 g/mol. The number of hydrogen-bond acceptors (Lipinski definition) is 6. The van der Waals surface area contributed by atoms with E-state index in [-0.39, 0.29) is 18.0 Å². The van der Waals surface area contributed by atoms with Crippen LogP contribution in [0.25, 0.3) is 6.08 Å². The molecular weight excluding hydrogens is 380 g/mol. The molecule has 2 rings (SSSR count). The number of carboxylic acid groups (broad SMARTS) is 1. The van der Waals surface area contributed by atoms with Gasteiger partial charge >= 0.3 is 5.97 Å². The normalized spacial score (nSPS) is 10.9. The van der Waals surface area contributed by atoms with Crippen LogP contribution in [0.2, 0.25) is 0 Å². The molecule has 0 unspecified atom stereocenters. The highest BCUT2D eigenvalue weighted by Gasteiger charge is 2.12. The minimum absolute atomic E-state index is 0.00620. The molecular formula is C20H20N2O7. The molecule has 2 N–H and O–H groups in total. The van der Waals surface area contributed by atoms with Crippen LogP contribution < -0.4 is 14.8 Å². The molecule has 2 aromatic carbocycles. The summed E-state index contributed by atoms with van der Waals surface area (Å²) in [6.45, 7) is 3.54. The Morgan fingerprint density at radius 1 is 1.14 bits per heavy atom. The lowest BCUT2D eigenvalue weighted by atomic mass is 10.1. The third-order valence-corrected chi connectivity index (χ3v) is 3.66. The molecule has 0 saturated carbocycles. The van der Waals surface area contributed by atoms with Crippen molar-refractivity contribution in [1.82, 2.24) is 5.32 Å². The van der Waals surface area contributed by atoms with E-state index in [1.54, 1.807) is 37.3 Å². The molecule has 0 heterocycles. The van der Waals surface area contributed by atoms with Crippen LogP contribution in [0, 0.1) is 10.1 Å². The standard InChI is InChI=1S/C20H20N2O7/c1-3-28-19-11-15(10-17(20(24)25)21-13(2)23)6-9-18(19)29-12-14-4-7-16(8-5-14)22(26)27/h4-11H,3,12H2,1-2H3,(H,21,23)(H,24,25). The Kier molecular flexibility index (Phi) is 7.30. The number of nitro benzene ring substituents is 1. The van der Waals surface area contributed by atoms with Gasteiger partial charge in [0.05, 0.1) is 11.5 Å². The maximum Gasteiger partial charge on any atom is 0.352 e. The molecule has 0 bridgehead atoms. The van der Waals surface area contributed by atoms with Gasteiger partial charge in [0.25, 0.3) is 5.69 Å². The molecule has 2 aromatic rings. The van der Waals surface area contributed by atoms with Crippen LogP contribution in [-0.2, 0) is 16.2 Å². The molecule has 0 radical (unpaired) electrons. The summed E-state index contributed by atoms with van der Waals surface area (Å²) in [6, 6.07) is 10.8. The number of nitrogens with zero attached hydrogens (tertiary/aromatic N) is 1. The molecule has 0 aliphatic rings. The smallest absolute Gasteiger partial charge is 0.352 e. The molecule has 0 fully saturated rings. The van der Waals surface area contributed by atoms with E-state index in [2.05, 4.69) is 5.32 Å². The number of hydrogen-bond donors (Lipinski definition) is 2. The second-order valence-corrected chi connectivity index (χ2v) is 5.90. The minimum atomic E-state index is -1.27. The van der Waals surface area contributed by atoms with Crippen LogP contribution >= 0.6 is 0 Å². The van der Waals surface area contributed by atoms with Gasteiger partial charge < -0.3 is 19.9 Å². The van der Waals surface area contributed by atoms with Crippen LogP contribution in [-0.4, -0.2) is 28.5 Å². The molecule has 0 saturated heterocycles. The van der Waals surface area contributed by atoms with E-state index >= 15 is 0 Å². The molecule has 0 aliphatic carbocycles. The number of aliphatic carboxylic acids is 1. The van der Waals surface area contributed by atoms with Gasteiger partial charge in [-0.3, -0.25) is 14.9 Å².